The van der Waals surface area contributed by atoms with Gasteiger partial charge in [-0.2, -0.15) is 13.2 Å². The van der Waals surface area contributed by atoms with Crippen LogP contribution in [0.2, 0.25) is 5.02 Å². The Morgan fingerprint density at radius 2 is 1.68 bits per heavy atom. The van der Waals surface area contributed by atoms with E-state index >= 15 is 0 Å². The van der Waals surface area contributed by atoms with E-state index < -0.39 is 22.7 Å². The minimum Gasteiger partial charge on any atom is -0.341 e. The molecule has 1 aromatic carbocycles. The molecule has 4 nitrogen and oxygen atoms in total. The molecule has 0 unspecified atom stereocenters. The first-order valence-corrected chi connectivity index (χ1v) is 8.42. The van der Waals surface area contributed by atoms with Gasteiger partial charge < -0.3 is 9.80 Å². The molecule has 0 aliphatic heterocycles. The van der Waals surface area contributed by atoms with Gasteiger partial charge in [0, 0.05) is 25.7 Å². The van der Waals surface area contributed by atoms with Crippen molar-refractivity contribution in [1.82, 2.24) is 4.90 Å². The Labute approximate surface area is 150 Å². The number of halogens is 4. The smallest absolute Gasteiger partial charge is 0.341 e. The maximum absolute atomic E-state index is 13.0. The molecule has 0 atom stereocenters. The van der Waals surface area contributed by atoms with Crippen LogP contribution in [0, 0.1) is 0 Å². The van der Waals surface area contributed by atoms with Gasteiger partial charge in [-0.05, 0) is 31.0 Å². The second-order valence-corrected chi connectivity index (χ2v) is 6.06. The molecule has 25 heavy (non-hydrogen) atoms. The third-order valence-electron chi connectivity index (χ3n) is 3.58. The molecule has 1 aromatic rings. The molecule has 0 N–H and O–H groups in total. The van der Waals surface area contributed by atoms with E-state index in [0.29, 0.717) is 13.1 Å². The zero-order valence-electron chi connectivity index (χ0n) is 14.5. The summed E-state index contributed by atoms with van der Waals surface area (Å²) in [5.41, 5.74) is -1.05. The van der Waals surface area contributed by atoms with E-state index in [1.807, 2.05) is 13.8 Å². The predicted octanol–water partition coefficient (Wildman–Crippen LogP) is 4.36. The van der Waals surface area contributed by atoms with Crippen molar-refractivity contribution in [2.45, 2.75) is 39.8 Å². The van der Waals surface area contributed by atoms with Crippen molar-refractivity contribution in [3.63, 3.8) is 0 Å². The van der Waals surface area contributed by atoms with Crippen molar-refractivity contribution in [1.29, 1.82) is 0 Å². The molecule has 8 heteroatoms. The predicted molar refractivity (Wildman–Crippen MR) is 91.6 cm³/mol. The molecule has 0 fully saturated rings. The zero-order valence-corrected chi connectivity index (χ0v) is 15.2. The fourth-order valence-electron chi connectivity index (χ4n) is 2.42. The van der Waals surface area contributed by atoms with Crippen molar-refractivity contribution >= 4 is 29.1 Å². The van der Waals surface area contributed by atoms with Crippen LogP contribution in [0.3, 0.4) is 0 Å². The lowest BCUT2D eigenvalue weighted by Gasteiger charge is -2.27. The highest BCUT2D eigenvalue weighted by Gasteiger charge is 2.34. The maximum Gasteiger partial charge on any atom is 0.417 e. The third-order valence-corrected chi connectivity index (χ3v) is 3.91. The second-order valence-electron chi connectivity index (χ2n) is 5.65. The Hall–Kier alpha value is -1.76. The number of hydrogen-bond acceptors (Lipinski definition) is 2. The molecule has 0 aliphatic rings. The molecule has 0 aromatic heterocycles. The average molecular weight is 379 g/mol. The van der Waals surface area contributed by atoms with E-state index in [2.05, 4.69) is 0 Å². The van der Waals surface area contributed by atoms with Crippen LogP contribution >= 0.6 is 11.6 Å². The van der Waals surface area contributed by atoms with Crippen LogP contribution in [0.4, 0.5) is 18.9 Å². The molecule has 1 rings (SSSR count). The highest BCUT2D eigenvalue weighted by Crippen LogP contribution is 2.37. The molecular formula is C17H22ClF3N2O2. The van der Waals surface area contributed by atoms with Gasteiger partial charge in [0.1, 0.15) is 6.54 Å². The van der Waals surface area contributed by atoms with E-state index in [4.69, 9.17) is 11.6 Å². The summed E-state index contributed by atoms with van der Waals surface area (Å²) in [5.74, 6) is -0.820. The number of carbonyl (C=O) groups excluding carboxylic acids is 2. The molecule has 0 saturated carbocycles. The average Bonchev–Trinajstić information content (AvgIpc) is 2.51. The first-order chi connectivity index (χ1) is 11.6. The van der Waals surface area contributed by atoms with E-state index in [1.165, 1.54) is 13.0 Å². The van der Waals surface area contributed by atoms with Gasteiger partial charge >= 0.3 is 6.18 Å². The van der Waals surface area contributed by atoms with Crippen LogP contribution in [-0.4, -0.2) is 36.3 Å². The van der Waals surface area contributed by atoms with Gasteiger partial charge in [-0.15, -0.1) is 0 Å². The zero-order chi connectivity index (χ0) is 19.2. The largest absolute Gasteiger partial charge is 0.417 e. The quantitative estimate of drug-likeness (QED) is 0.707. The Bertz CT molecular complexity index is 614. The number of amides is 2. The van der Waals surface area contributed by atoms with Crippen LogP contribution in [0.5, 0.6) is 0 Å². The molecular weight excluding hydrogens is 357 g/mol. The number of carbonyl (C=O) groups is 2. The van der Waals surface area contributed by atoms with E-state index in [-0.39, 0.29) is 18.1 Å². The topological polar surface area (TPSA) is 40.6 Å². The summed E-state index contributed by atoms with van der Waals surface area (Å²) in [4.78, 5) is 27.0. The van der Waals surface area contributed by atoms with Crippen molar-refractivity contribution in [3.8, 4) is 0 Å². The molecule has 0 bridgehead atoms. The molecule has 0 radical (unpaired) electrons. The monoisotopic (exact) mass is 378 g/mol. The van der Waals surface area contributed by atoms with Gasteiger partial charge in [0.05, 0.1) is 10.6 Å². The van der Waals surface area contributed by atoms with Crippen LogP contribution in [0.25, 0.3) is 0 Å². The number of anilines is 1. The standard InChI is InChI=1S/C17H22ClF3N2O2/c1-4-8-22(9-5-2)16(25)11-23(12(3)24)13-6-7-15(18)14(10-13)17(19,20)21/h6-7,10H,4-5,8-9,11H2,1-3H3. The highest BCUT2D eigenvalue weighted by atomic mass is 35.5. The summed E-state index contributed by atoms with van der Waals surface area (Å²) >= 11 is 5.61. The minimum atomic E-state index is -4.64. The highest BCUT2D eigenvalue weighted by molar-refractivity contribution is 6.31. The number of hydrogen-bond donors (Lipinski definition) is 0. The molecule has 0 spiro atoms. The van der Waals surface area contributed by atoms with Crippen molar-refractivity contribution in [2.75, 3.05) is 24.5 Å². The molecule has 140 valence electrons. The summed E-state index contributed by atoms with van der Waals surface area (Å²) in [5, 5.41) is -0.454. The fourth-order valence-corrected chi connectivity index (χ4v) is 2.64. The molecule has 0 aliphatic carbocycles. The third kappa shape index (κ3) is 5.92. The van der Waals surface area contributed by atoms with Crippen molar-refractivity contribution in [3.05, 3.63) is 28.8 Å². The van der Waals surface area contributed by atoms with E-state index in [0.717, 1.165) is 29.9 Å². The lowest BCUT2D eigenvalue weighted by Crippen LogP contribution is -2.43. The summed E-state index contributed by atoms with van der Waals surface area (Å²) in [7, 11) is 0. The second kappa shape index (κ2) is 9.08. The fraction of sp³-hybridized carbons (Fsp3) is 0.529. The summed E-state index contributed by atoms with van der Waals surface area (Å²) in [6.45, 7) is 5.81. The first kappa shape index (κ1) is 21.3. The number of benzene rings is 1. The summed E-state index contributed by atoms with van der Waals surface area (Å²) in [6.07, 6.45) is -3.13. The van der Waals surface area contributed by atoms with Gasteiger partial charge in [0.25, 0.3) is 0 Å². The Kier molecular flexibility index (Phi) is 7.73. The lowest BCUT2D eigenvalue weighted by molar-refractivity contribution is -0.137. The minimum absolute atomic E-state index is 0.00878. The number of alkyl halides is 3. The number of nitrogens with zero attached hydrogens (tertiary/aromatic N) is 2. The Morgan fingerprint density at radius 3 is 2.12 bits per heavy atom. The van der Waals surface area contributed by atoms with E-state index in [1.54, 1.807) is 4.90 Å². The van der Waals surface area contributed by atoms with Crippen molar-refractivity contribution in [2.24, 2.45) is 0 Å². The Morgan fingerprint density at radius 1 is 1.12 bits per heavy atom. The SMILES string of the molecule is CCCN(CCC)C(=O)CN(C(C)=O)c1ccc(Cl)c(C(F)(F)F)c1. The summed E-state index contributed by atoms with van der Waals surface area (Å²) < 4.78 is 39.1. The van der Waals surface area contributed by atoms with Gasteiger partial charge in [-0.25, -0.2) is 0 Å². The van der Waals surface area contributed by atoms with Gasteiger partial charge in [0.2, 0.25) is 11.8 Å². The Balaban J connectivity index is 3.12. The van der Waals surface area contributed by atoms with E-state index in [9.17, 15) is 22.8 Å². The van der Waals surface area contributed by atoms with Gasteiger partial charge in [-0.1, -0.05) is 25.4 Å². The summed E-state index contributed by atoms with van der Waals surface area (Å²) in [6, 6.07) is 3.17. The lowest BCUT2D eigenvalue weighted by atomic mass is 10.1. The normalized spacial score (nSPS) is 11.3. The maximum atomic E-state index is 13.0. The van der Waals surface area contributed by atoms with Crippen LogP contribution in [-0.2, 0) is 15.8 Å². The van der Waals surface area contributed by atoms with Crippen LogP contribution in [0.1, 0.15) is 39.2 Å². The molecule has 0 saturated heterocycles. The molecule has 0 heterocycles. The van der Waals surface area contributed by atoms with Crippen molar-refractivity contribution < 1.29 is 22.8 Å². The van der Waals surface area contributed by atoms with Gasteiger partial charge in [0.15, 0.2) is 0 Å². The van der Waals surface area contributed by atoms with Gasteiger partial charge in [-0.3, -0.25) is 9.59 Å². The van der Waals surface area contributed by atoms with Crippen LogP contribution in [0.15, 0.2) is 18.2 Å². The molecule has 2 amide bonds. The van der Waals surface area contributed by atoms with Crippen LogP contribution < -0.4 is 4.90 Å². The first-order valence-electron chi connectivity index (χ1n) is 8.04. The number of rotatable bonds is 7.